The molecule has 0 radical (unpaired) electrons. The van der Waals surface area contributed by atoms with Crippen molar-refractivity contribution in [1.29, 1.82) is 0 Å². The van der Waals surface area contributed by atoms with Crippen LogP contribution in [0.15, 0.2) is 30.3 Å². The average Bonchev–Trinajstić information content (AvgIpc) is 3.24. The van der Waals surface area contributed by atoms with Gasteiger partial charge in [0.05, 0.1) is 0 Å². The van der Waals surface area contributed by atoms with Gasteiger partial charge in [-0.15, -0.1) is 10.2 Å². The number of hydrogen-bond donors (Lipinski definition) is 1. The molecule has 3 heterocycles. The number of fused-ring (bicyclic) bond motifs is 2. The number of hydrogen-bond acceptors (Lipinski definition) is 4. The van der Waals surface area contributed by atoms with Gasteiger partial charge in [0.2, 0.25) is 5.82 Å². The molecule has 0 unspecified atom stereocenters. The number of carbonyl (C=O) groups is 1. The Morgan fingerprint density at radius 1 is 1.08 bits per heavy atom. The molecule has 1 saturated carbocycles. The number of aromatic nitrogens is 3. The summed E-state index contributed by atoms with van der Waals surface area (Å²) in [5.41, 5.74) is 1.09. The third-order valence-electron chi connectivity index (χ3n) is 6.05. The van der Waals surface area contributed by atoms with Gasteiger partial charge in [0.15, 0.2) is 0 Å². The van der Waals surface area contributed by atoms with Gasteiger partial charge in [-0.05, 0) is 36.2 Å². The fraction of sp³-hybridized carbons (Fsp3) is 0.550. The molecule has 3 aliphatic rings. The Bertz CT molecular complexity index is 798. The molecule has 5 rings (SSSR count). The molecule has 1 saturated heterocycles. The molecule has 2 atom stereocenters. The zero-order valence-corrected chi connectivity index (χ0v) is 15.0. The smallest absolute Gasteiger partial charge is 0.289 e. The minimum absolute atomic E-state index is 0.126. The van der Waals surface area contributed by atoms with Crippen LogP contribution in [-0.2, 0) is 19.5 Å². The zero-order valence-electron chi connectivity index (χ0n) is 15.0. The molecule has 1 aliphatic carbocycles. The van der Waals surface area contributed by atoms with Crippen LogP contribution in [0.3, 0.4) is 0 Å². The van der Waals surface area contributed by atoms with Gasteiger partial charge in [0.1, 0.15) is 5.82 Å². The standard InChI is InChI=1S/C20H25N5O/c26-20(21-9-14-4-2-1-3-5-14)19-23-22-18-8-16-11-24(10-15-6-7-15)12-17(16)13-25(18)19/h1-5,15-17H,6-13H2,(H,21,26)/t16-,17-/m1/s1. The first-order chi connectivity index (χ1) is 12.8. The summed E-state index contributed by atoms with van der Waals surface area (Å²) in [7, 11) is 0. The van der Waals surface area contributed by atoms with Crippen LogP contribution in [-0.4, -0.2) is 45.2 Å². The molecule has 6 heteroatoms. The van der Waals surface area contributed by atoms with E-state index < -0.39 is 0 Å². The Labute approximate surface area is 153 Å². The number of nitrogens with zero attached hydrogens (tertiary/aromatic N) is 4. The van der Waals surface area contributed by atoms with Crippen LogP contribution in [0.2, 0.25) is 0 Å². The van der Waals surface area contributed by atoms with Gasteiger partial charge in [0.25, 0.3) is 5.91 Å². The van der Waals surface area contributed by atoms with Gasteiger partial charge in [0, 0.05) is 39.1 Å². The monoisotopic (exact) mass is 351 g/mol. The van der Waals surface area contributed by atoms with Crippen molar-refractivity contribution in [3.05, 3.63) is 47.5 Å². The second kappa shape index (κ2) is 6.50. The van der Waals surface area contributed by atoms with Crippen molar-refractivity contribution in [2.45, 2.75) is 32.4 Å². The minimum atomic E-state index is -0.126. The molecule has 0 spiro atoms. The van der Waals surface area contributed by atoms with E-state index in [1.54, 1.807) is 0 Å². The van der Waals surface area contributed by atoms with Crippen molar-refractivity contribution < 1.29 is 4.79 Å². The molecule has 2 fully saturated rings. The Kier molecular flexibility index (Phi) is 4.00. The van der Waals surface area contributed by atoms with Crippen LogP contribution in [0.25, 0.3) is 0 Å². The number of rotatable bonds is 5. The van der Waals surface area contributed by atoms with Crippen LogP contribution < -0.4 is 5.32 Å². The Morgan fingerprint density at radius 3 is 2.69 bits per heavy atom. The largest absolute Gasteiger partial charge is 0.345 e. The molecular formula is C20H25N5O. The number of benzene rings is 1. The molecule has 2 aromatic rings. The lowest BCUT2D eigenvalue weighted by Crippen LogP contribution is -2.32. The topological polar surface area (TPSA) is 63.1 Å². The highest BCUT2D eigenvalue weighted by atomic mass is 16.2. The van der Waals surface area contributed by atoms with Crippen molar-refractivity contribution in [2.24, 2.45) is 17.8 Å². The quantitative estimate of drug-likeness (QED) is 0.891. The Morgan fingerprint density at radius 2 is 1.88 bits per heavy atom. The number of nitrogens with one attached hydrogen (secondary N) is 1. The highest BCUT2D eigenvalue weighted by Crippen LogP contribution is 2.36. The third kappa shape index (κ3) is 3.14. The lowest BCUT2D eigenvalue weighted by atomic mass is 9.89. The van der Waals surface area contributed by atoms with Gasteiger partial charge in [-0.3, -0.25) is 4.79 Å². The van der Waals surface area contributed by atoms with E-state index in [4.69, 9.17) is 0 Å². The lowest BCUT2D eigenvalue weighted by Gasteiger charge is -2.25. The van der Waals surface area contributed by atoms with Crippen LogP contribution in [0.4, 0.5) is 0 Å². The second-order valence-electron chi connectivity index (χ2n) is 8.10. The highest BCUT2D eigenvalue weighted by Gasteiger charge is 2.40. The summed E-state index contributed by atoms with van der Waals surface area (Å²) in [5, 5.41) is 11.5. The maximum atomic E-state index is 12.6. The maximum Gasteiger partial charge on any atom is 0.289 e. The van der Waals surface area contributed by atoms with E-state index in [1.165, 1.54) is 25.9 Å². The first-order valence-corrected chi connectivity index (χ1v) is 9.73. The van der Waals surface area contributed by atoms with Gasteiger partial charge in [-0.25, -0.2) is 0 Å². The van der Waals surface area contributed by atoms with Gasteiger partial charge < -0.3 is 14.8 Å². The maximum absolute atomic E-state index is 12.6. The molecule has 136 valence electrons. The van der Waals surface area contributed by atoms with Crippen molar-refractivity contribution in [3.8, 4) is 0 Å². The van der Waals surface area contributed by atoms with Crippen LogP contribution in [0.1, 0.15) is 34.8 Å². The first kappa shape index (κ1) is 16.0. The first-order valence-electron chi connectivity index (χ1n) is 9.73. The normalized spacial score (nSPS) is 24.9. The minimum Gasteiger partial charge on any atom is -0.345 e. The average molecular weight is 351 g/mol. The molecule has 6 nitrogen and oxygen atoms in total. The van der Waals surface area contributed by atoms with E-state index in [-0.39, 0.29) is 5.91 Å². The second-order valence-corrected chi connectivity index (χ2v) is 8.10. The Hall–Kier alpha value is -2.21. The number of likely N-dealkylation sites (tertiary alicyclic amines) is 1. The summed E-state index contributed by atoms with van der Waals surface area (Å²) in [6, 6.07) is 9.96. The fourth-order valence-electron chi connectivity index (χ4n) is 4.46. The van der Waals surface area contributed by atoms with E-state index in [0.717, 1.165) is 36.8 Å². The summed E-state index contributed by atoms with van der Waals surface area (Å²) in [5.74, 6) is 3.55. The SMILES string of the molecule is O=C(NCc1ccccc1)c1nnc2n1C[C@H]1CN(CC3CC3)C[C@H]1C2. The van der Waals surface area contributed by atoms with E-state index >= 15 is 0 Å². The van der Waals surface area contributed by atoms with E-state index in [2.05, 4.69) is 25.0 Å². The summed E-state index contributed by atoms with van der Waals surface area (Å²) < 4.78 is 2.06. The molecular weight excluding hydrogens is 326 g/mol. The van der Waals surface area contributed by atoms with Crippen LogP contribution in [0, 0.1) is 17.8 Å². The summed E-state index contributed by atoms with van der Waals surface area (Å²) in [4.78, 5) is 15.2. The van der Waals surface area contributed by atoms with Crippen LogP contribution >= 0.6 is 0 Å². The third-order valence-corrected chi connectivity index (χ3v) is 6.05. The Balaban J connectivity index is 1.25. The van der Waals surface area contributed by atoms with Crippen molar-refractivity contribution in [2.75, 3.05) is 19.6 Å². The molecule has 26 heavy (non-hydrogen) atoms. The van der Waals surface area contributed by atoms with Crippen molar-refractivity contribution in [3.63, 3.8) is 0 Å². The highest BCUT2D eigenvalue weighted by molar-refractivity contribution is 5.90. The molecule has 0 bridgehead atoms. The molecule has 1 aromatic carbocycles. The summed E-state index contributed by atoms with van der Waals surface area (Å²) in [6.07, 6.45) is 3.76. The lowest BCUT2D eigenvalue weighted by molar-refractivity contribution is 0.0932. The van der Waals surface area contributed by atoms with Crippen molar-refractivity contribution >= 4 is 5.91 Å². The molecule has 1 N–H and O–H groups in total. The number of carbonyl (C=O) groups excluding carboxylic acids is 1. The molecule has 1 aromatic heterocycles. The number of amides is 1. The summed E-state index contributed by atoms with van der Waals surface area (Å²) in [6.45, 7) is 5.00. The summed E-state index contributed by atoms with van der Waals surface area (Å²) >= 11 is 0. The molecule has 1 amide bonds. The predicted molar refractivity (Wildman–Crippen MR) is 97.5 cm³/mol. The zero-order chi connectivity index (χ0) is 17.5. The van der Waals surface area contributed by atoms with Gasteiger partial charge in [-0.1, -0.05) is 30.3 Å². The van der Waals surface area contributed by atoms with E-state index in [9.17, 15) is 4.79 Å². The van der Waals surface area contributed by atoms with Gasteiger partial charge in [-0.2, -0.15) is 0 Å². The molecule has 2 aliphatic heterocycles. The van der Waals surface area contributed by atoms with E-state index in [1.807, 2.05) is 30.3 Å². The van der Waals surface area contributed by atoms with Gasteiger partial charge >= 0.3 is 0 Å². The fourth-order valence-corrected chi connectivity index (χ4v) is 4.46. The van der Waals surface area contributed by atoms with Crippen molar-refractivity contribution in [1.82, 2.24) is 25.0 Å². The van der Waals surface area contributed by atoms with Crippen LogP contribution in [0.5, 0.6) is 0 Å². The predicted octanol–water partition coefficient (Wildman–Crippen LogP) is 1.72. The van der Waals surface area contributed by atoms with E-state index in [0.29, 0.717) is 24.2 Å².